The molecule has 0 radical (unpaired) electrons. The summed E-state index contributed by atoms with van der Waals surface area (Å²) in [5.41, 5.74) is 6.50. The quantitative estimate of drug-likeness (QED) is 0.898. The van der Waals surface area contributed by atoms with Crippen LogP contribution in [0.1, 0.15) is 24.2 Å². The highest BCUT2D eigenvalue weighted by molar-refractivity contribution is 5.95. The third kappa shape index (κ3) is 4.28. The Morgan fingerprint density at radius 3 is 2.48 bits per heavy atom. The molecule has 0 aromatic heterocycles. The highest BCUT2D eigenvalue weighted by atomic mass is 35.5. The fourth-order valence-electron chi connectivity index (χ4n) is 2.90. The molecule has 2 heterocycles. The van der Waals surface area contributed by atoms with Gasteiger partial charge in [0.05, 0.1) is 0 Å². The van der Waals surface area contributed by atoms with E-state index in [4.69, 9.17) is 15.2 Å². The van der Waals surface area contributed by atoms with Gasteiger partial charge in [0.15, 0.2) is 11.5 Å². The van der Waals surface area contributed by atoms with E-state index in [0.717, 1.165) is 32.7 Å². The second kappa shape index (κ2) is 6.95. The van der Waals surface area contributed by atoms with Crippen LogP contribution in [-0.4, -0.2) is 60.8 Å². The summed E-state index contributed by atoms with van der Waals surface area (Å²) in [5.74, 6) is 1.39. The molecule has 2 aliphatic rings. The molecule has 1 amide bonds. The van der Waals surface area contributed by atoms with E-state index in [0.29, 0.717) is 17.1 Å². The summed E-state index contributed by atoms with van der Waals surface area (Å²) < 4.78 is 10.6. The lowest BCUT2D eigenvalue weighted by Crippen LogP contribution is -2.54. The second-order valence-corrected chi connectivity index (χ2v) is 6.62. The minimum Gasteiger partial charge on any atom is -0.454 e. The van der Waals surface area contributed by atoms with E-state index in [1.807, 2.05) is 18.7 Å². The van der Waals surface area contributed by atoms with Crippen molar-refractivity contribution >= 4 is 18.3 Å². The van der Waals surface area contributed by atoms with Gasteiger partial charge in [-0.1, -0.05) is 0 Å². The maximum atomic E-state index is 12.6. The molecule has 7 heteroatoms. The summed E-state index contributed by atoms with van der Waals surface area (Å²) in [6, 6.07) is 5.36. The van der Waals surface area contributed by atoms with Crippen molar-refractivity contribution < 1.29 is 14.3 Å². The zero-order valence-electron chi connectivity index (χ0n) is 13.6. The Kier molecular flexibility index (Phi) is 5.39. The molecule has 3 rings (SSSR count). The molecule has 0 saturated carbocycles. The number of hydrogen-bond acceptors (Lipinski definition) is 5. The number of carbonyl (C=O) groups excluding carboxylic acids is 1. The van der Waals surface area contributed by atoms with Gasteiger partial charge in [-0.2, -0.15) is 0 Å². The number of benzene rings is 1. The van der Waals surface area contributed by atoms with Gasteiger partial charge < -0.3 is 20.1 Å². The van der Waals surface area contributed by atoms with Crippen molar-refractivity contribution in [1.29, 1.82) is 0 Å². The average molecular weight is 342 g/mol. The van der Waals surface area contributed by atoms with Crippen LogP contribution in [0.5, 0.6) is 11.5 Å². The van der Waals surface area contributed by atoms with E-state index in [2.05, 4.69) is 4.90 Å². The Labute approximate surface area is 142 Å². The predicted molar refractivity (Wildman–Crippen MR) is 90.4 cm³/mol. The van der Waals surface area contributed by atoms with E-state index < -0.39 is 0 Å². The van der Waals surface area contributed by atoms with Crippen LogP contribution < -0.4 is 15.2 Å². The van der Waals surface area contributed by atoms with Crippen LogP contribution in [-0.2, 0) is 0 Å². The molecule has 1 saturated heterocycles. The van der Waals surface area contributed by atoms with E-state index in [1.54, 1.807) is 18.2 Å². The van der Waals surface area contributed by atoms with Crippen LogP contribution >= 0.6 is 12.4 Å². The zero-order chi connectivity index (χ0) is 15.7. The van der Waals surface area contributed by atoms with E-state index >= 15 is 0 Å². The summed E-state index contributed by atoms with van der Waals surface area (Å²) in [7, 11) is 0. The van der Waals surface area contributed by atoms with Crippen molar-refractivity contribution in [2.75, 3.05) is 39.5 Å². The molecule has 2 N–H and O–H groups in total. The molecule has 0 bridgehead atoms. The number of halogens is 1. The van der Waals surface area contributed by atoms with Crippen molar-refractivity contribution in [2.24, 2.45) is 5.73 Å². The SMILES string of the molecule is CC(C)(N)CN1CCN(C(=O)c2ccc3c(c2)OCO3)CC1.Cl. The molecule has 1 aromatic carbocycles. The Morgan fingerprint density at radius 1 is 1.17 bits per heavy atom. The number of fused-ring (bicyclic) bond motifs is 1. The molecule has 0 atom stereocenters. The maximum Gasteiger partial charge on any atom is 0.254 e. The van der Waals surface area contributed by atoms with Crippen molar-refractivity contribution in [3.8, 4) is 11.5 Å². The smallest absolute Gasteiger partial charge is 0.254 e. The summed E-state index contributed by atoms with van der Waals surface area (Å²) in [6.45, 7) is 8.29. The molecule has 0 aliphatic carbocycles. The normalized spacial score (nSPS) is 17.8. The minimum absolute atomic E-state index is 0. The van der Waals surface area contributed by atoms with Crippen molar-refractivity contribution in [2.45, 2.75) is 19.4 Å². The number of amides is 1. The maximum absolute atomic E-state index is 12.6. The monoisotopic (exact) mass is 341 g/mol. The fourth-order valence-corrected chi connectivity index (χ4v) is 2.90. The van der Waals surface area contributed by atoms with Gasteiger partial charge in [0.1, 0.15) is 0 Å². The lowest BCUT2D eigenvalue weighted by Gasteiger charge is -2.37. The van der Waals surface area contributed by atoms with Crippen LogP contribution in [0.25, 0.3) is 0 Å². The Balaban J connectivity index is 0.00000192. The lowest BCUT2D eigenvalue weighted by molar-refractivity contribution is 0.0615. The molecule has 0 unspecified atom stereocenters. The third-order valence-corrected chi connectivity index (χ3v) is 3.91. The minimum atomic E-state index is -0.205. The average Bonchev–Trinajstić information content (AvgIpc) is 2.93. The highest BCUT2D eigenvalue weighted by Gasteiger charge is 2.26. The summed E-state index contributed by atoms with van der Waals surface area (Å²) in [6.07, 6.45) is 0. The number of carbonyl (C=O) groups is 1. The second-order valence-electron chi connectivity index (χ2n) is 6.62. The summed E-state index contributed by atoms with van der Waals surface area (Å²) in [4.78, 5) is 16.8. The van der Waals surface area contributed by atoms with Crippen LogP contribution in [0.4, 0.5) is 0 Å². The van der Waals surface area contributed by atoms with Crippen LogP contribution in [0.3, 0.4) is 0 Å². The molecule has 23 heavy (non-hydrogen) atoms. The standard InChI is InChI=1S/C16H23N3O3.ClH/c1-16(2,17)10-18-5-7-19(8-6-18)15(20)12-3-4-13-14(9-12)22-11-21-13;/h3-4,9H,5-8,10-11,17H2,1-2H3;1H. The van der Waals surface area contributed by atoms with E-state index in [-0.39, 0.29) is 30.6 Å². The van der Waals surface area contributed by atoms with Gasteiger partial charge in [0.2, 0.25) is 6.79 Å². The van der Waals surface area contributed by atoms with Gasteiger partial charge in [-0.05, 0) is 32.0 Å². The van der Waals surface area contributed by atoms with Gasteiger partial charge >= 0.3 is 0 Å². The van der Waals surface area contributed by atoms with Crippen LogP contribution in [0.15, 0.2) is 18.2 Å². The van der Waals surface area contributed by atoms with Gasteiger partial charge in [-0.3, -0.25) is 9.69 Å². The topological polar surface area (TPSA) is 68.0 Å². The molecule has 2 aliphatic heterocycles. The van der Waals surface area contributed by atoms with E-state index in [9.17, 15) is 4.79 Å². The molecular formula is C16H24ClN3O3. The number of nitrogens with zero attached hydrogens (tertiary/aromatic N) is 2. The molecular weight excluding hydrogens is 318 g/mol. The number of hydrogen-bond donors (Lipinski definition) is 1. The zero-order valence-corrected chi connectivity index (χ0v) is 14.4. The molecule has 128 valence electrons. The Bertz CT molecular complexity index is 566. The summed E-state index contributed by atoms with van der Waals surface area (Å²) in [5, 5.41) is 0. The number of nitrogens with two attached hydrogens (primary N) is 1. The lowest BCUT2D eigenvalue weighted by atomic mass is 10.1. The highest BCUT2D eigenvalue weighted by Crippen LogP contribution is 2.32. The van der Waals surface area contributed by atoms with Crippen molar-refractivity contribution in [1.82, 2.24) is 9.80 Å². The van der Waals surface area contributed by atoms with Gasteiger partial charge in [-0.25, -0.2) is 0 Å². The first-order valence-electron chi connectivity index (χ1n) is 7.62. The van der Waals surface area contributed by atoms with Crippen LogP contribution in [0, 0.1) is 0 Å². The number of piperazine rings is 1. The predicted octanol–water partition coefficient (Wildman–Crippen LogP) is 1.33. The van der Waals surface area contributed by atoms with Gasteiger partial charge in [0, 0.05) is 43.8 Å². The number of rotatable bonds is 3. The first kappa shape index (κ1) is 17.8. The van der Waals surface area contributed by atoms with Crippen LogP contribution in [0.2, 0.25) is 0 Å². The van der Waals surface area contributed by atoms with Gasteiger partial charge in [0.25, 0.3) is 5.91 Å². The fraction of sp³-hybridized carbons (Fsp3) is 0.562. The molecule has 0 spiro atoms. The molecule has 1 fully saturated rings. The number of ether oxygens (including phenoxy) is 2. The molecule has 6 nitrogen and oxygen atoms in total. The first-order valence-corrected chi connectivity index (χ1v) is 7.62. The molecule has 1 aromatic rings. The Morgan fingerprint density at radius 2 is 1.83 bits per heavy atom. The third-order valence-electron chi connectivity index (χ3n) is 3.91. The van der Waals surface area contributed by atoms with Gasteiger partial charge in [-0.15, -0.1) is 12.4 Å². The van der Waals surface area contributed by atoms with E-state index in [1.165, 1.54) is 0 Å². The van der Waals surface area contributed by atoms with Crippen molar-refractivity contribution in [3.05, 3.63) is 23.8 Å². The largest absolute Gasteiger partial charge is 0.454 e. The Hall–Kier alpha value is -1.50. The first-order chi connectivity index (χ1) is 10.4. The van der Waals surface area contributed by atoms with Crippen molar-refractivity contribution in [3.63, 3.8) is 0 Å². The summed E-state index contributed by atoms with van der Waals surface area (Å²) >= 11 is 0.